The van der Waals surface area contributed by atoms with E-state index in [4.69, 9.17) is 4.52 Å². The number of nitrogens with zero attached hydrogens (tertiary/aromatic N) is 3. The molecular formula is C14H18N4O2. The number of hydrogen-bond acceptors (Lipinski definition) is 5. The number of carbonyl (C=O) groups excluding carboxylic acids is 1. The number of amides is 1. The molecule has 6 nitrogen and oxygen atoms in total. The number of nitrogens with one attached hydrogen (secondary N) is 1. The molecule has 0 bridgehead atoms. The Bertz CT molecular complexity index is 551. The van der Waals surface area contributed by atoms with Crippen LogP contribution in [0.15, 0.2) is 28.9 Å². The van der Waals surface area contributed by atoms with Crippen molar-refractivity contribution in [3.05, 3.63) is 41.8 Å². The van der Waals surface area contributed by atoms with Crippen molar-refractivity contribution in [3.8, 4) is 0 Å². The van der Waals surface area contributed by atoms with E-state index in [0.29, 0.717) is 24.7 Å². The van der Waals surface area contributed by atoms with Gasteiger partial charge in [0, 0.05) is 30.8 Å². The van der Waals surface area contributed by atoms with Crippen LogP contribution in [0.4, 0.5) is 0 Å². The maximum absolute atomic E-state index is 11.7. The average Bonchev–Trinajstić information content (AvgIpc) is 2.89. The van der Waals surface area contributed by atoms with E-state index in [9.17, 15) is 4.79 Å². The largest absolute Gasteiger partial charge is 0.355 e. The van der Waals surface area contributed by atoms with Gasteiger partial charge < -0.3 is 9.84 Å². The summed E-state index contributed by atoms with van der Waals surface area (Å²) in [5.41, 5.74) is 0.756. The van der Waals surface area contributed by atoms with Gasteiger partial charge in [-0.05, 0) is 12.1 Å². The first-order valence-electron chi connectivity index (χ1n) is 6.64. The molecular weight excluding hydrogens is 256 g/mol. The minimum Gasteiger partial charge on any atom is -0.355 e. The fraction of sp³-hybridized carbons (Fsp3) is 0.429. The zero-order valence-corrected chi connectivity index (χ0v) is 11.7. The van der Waals surface area contributed by atoms with E-state index < -0.39 is 0 Å². The predicted molar refractivity (Wildman–Crippen MR) is 73.0 cm³/mol. The highest BCUT2D eigenvalue weighted by molar-refractivity contribution is 5.78. The molecule has 0 atom stereocenters. The van der Waals surface area contributed by atoms with Gasteiger partial charge in [-0.2, -0.15) is 4.98 Å². The molecule has 1 N–H and O–H groups in total. The Morgan fingerprint density at radius 3 is 2.90 bits per heavy atom. The van der Waals surface area contributed by atoms with Crippen molar-refractivity contribution < 1.29 is 9.32 Å². The van der Waals surface area contributed by atoms with Crippen LogP contribution in [0.5, 0.6) is 0 Å². The van der Waals surface area contributed by atoms with Crippen LogP contribution in [0.25, 0.3) is 0 Å². The molecule has 0 aliphatic rings. The molecule has 20 heavy (non-hydrogen) atoms. The molecule has 0 aliphatic heterocycles. The molecule has 106 valence electrons. The van der Waals surface area contributed by atoms with Crippen molar-refractivity contribution in [2.24, 2.45) is 0 Å². The number of pyridine rings is 1. The molecule has 0 saturated heterocycles. The third-order valence-corrected chi connectivity index (χ3v) is 2.72. The van der Waals surface area contributed by atoms with E-state index in [1.807, 2.05) is 32.0 Å². The van der Waals surface area contributed by atoms with Gasteiger partial charge in [0.25, 0.3) is 0 Å². The van der Waals surface area contributed by atoms with Gasteiger partial charge in [0.15, 0.2) is 5.82 Å². The summed E-state index contributed by atoms with van der Waals surface area (Å²) in [6, 6.07) is 5.51. The molecule has 0 unspecified atom stereocenters. The van der Waals surface area contributed by atoms with Crippen molar-refractivity contribution in [1.82, 2.24) is 20.4 Å². The lowest BCUT2D eigenvalue weighted by molar-refractivity contribution is -0.120. The molecule has 2 heterocycles. The average molecular weight is 274 g/mol. The molecule has 2 rings (SSSR count). The summed E-state index contributed by atoms with van der Waals surface area (Å²) in [6.07, 6.45) is 2.52. The second-order valence-electron chi connectivity index (χ2n) is 4.80. The Hall–Kier alpha value is -2.24. The summed E-state index contributed by atoms with van der Waals surface area (Å²) in [6.45, 7) is 4.47. The van der Waals surface area contributed by atoms with Crippen LogP contribution in [0, 0.1) is 0 Å². The zero-order chi connectivity index (χ0) is 14.4. The molecule has 0 spiro atoms. The Kier molecular flexibility index (Phi) is 4.81. The summed E-state index contributed by atoms with van der Waals surface area (Å²) in [5.74, 6) is 1.40. The van der Waals surface area contributed by atoms with Gasteiger partial charge in [0.05, 0.1) is 6.42 Å². The highest BCUT2D eigenvalue weighted by atomic mass is 16.5. The van der Waals surface area contributed by atoms with Crippen LogP contribution in [0.3, 0.4) is 0 Å². The van der Waals surface area contributed by atoms with Crippen LogP contribution in [0.1, 0.15) is 37.2 Å². The van der Waals surface area contributed by atoms with E-state index >= 15 is 0 Å². The number of hydrogen-bond donors (Lipinski definition) is 1. The third kappa shape index (κ3) is 4.15. The fourth-order valence-electron chi connectivity index (χ4n) is 1.65. The fourth-order valence-corrected chi connectivity index (χ4v) is 1.65. The maximum Gasteiger partial charge on any atom is 0.229 e. The Morgan fingerprint density at radius 1 is 1.40 bits per heavy atom. The van der Waals surface area contributed by atoms with Crippen LogP contribution in [-0.2, 0) is 17.6 Å². The molecule has 0 aromatic carbocycles. The SMILES string of the molecule is CC(C)c1nc(CCNC(=O)Cc2ccccn2)no1. The van der Waals surface area contributed by atoms with Crippen molar-refractivity contribution in [2.75, 3.05) is 6.54 Å². The first kappa shape index (κ1) is 14.2. The molecule has 2 aromatic heterocycles. The van der Waals surface area contributed by atoms with E-state index in [1.54, 1.807) is 6.20 Å². The Balaban J connectivity index is 1.73. The summed E-state index contributed by atoms with van der Waals surface area (Å²) >= 11 is 0. The number of rotatable bonds is 6. The van der Waals surface area contributed by atoms with E-state index in [-0.39, 0.29) is 18.2 Å². The van der Waals surface area contributed by atoms with Gasteiger partial charge in [-0.25, -0.2) is 0 Å². The van der Waals surface area contributed by atoms with E-state index in [0.717, 1.165) is 5.69 Å². The summed E-state index contributed by atoms with van der Waals surface area (Å²) < 4.78 is 5.10. The minimum atomic E-state index is -0.0590. The van der Waals surface area contributed by atoms with Crippen molar-refractivity contribution in [1.29, 1.82) is 0 Å². The standard InChI is InChI=1S/C14H18N4O2/c1-10(2)14-17-12(18-20-14)6-8-16-13(19)9-11-5-3-4-7-15-11/h3-5,7,10H,6,8-9H2,1-2H3,(H,16,19). The topological polar surface area (TPSA) is 80.9 Å². The van der Waals surface area contributed by atoms with Gasteiger partial charge >= 0.3 is 0 Å². The predicted octanol–water partition coefficient (Wildman–Crippen LogP) is 1.49. The molecule has 0 saturated carbocycles. The molecule has 2 aromatic rings. The van der Waals surface area contributed by atoms with Crippen LogP contribution < -0.4 is 5.32 Å². The van der Waals surface area contributed by atoms with Crippen LogP contribution >= 0.6 is 0 Å². The van der Waals surface area contributed by atoms with Gasteiger partial charge in [-0.15, -0.1) is 0 Å². The second-order valence-corrected chi connectivity index (χ2v) is 4.80. The van der Waals surface area contributed by atoms with Crippen molar-refractivity contribution in [3.63, 3.8) is 0 Å². The summed E-state index contributed by atoms with van der Waals surface area (Å²) in [4.78, 5) is 20.1. The first-order chi connectivity index (χ1) is 9.65. The molecule has 6 heteroatoms. The number of aromatic nitrogens is 3. The molecule has 0 aliphatic carbocycles. The molecule has 1 amide bonds. The normalized spacial score (nSPS) is 10.8. The minimum absolute atomic E-state index is 0.0590. The highest BCUT2D eigenvalue weighted by Crippen LogP contribution is 2.10. The lowest BCUT2D eigenvalue weighted by atomic mass is 10.2. The van der Waals surface area contributed by atoms with Gasteiger partial charge in [-0.3, -0.25) is 9.78 Å². The first-order valence-corrected chi connectivity index (χ1v) is 6.64. The molecule has 0 fully saturated rings. The Labute approximate surface area is 117 Å². The van der Waals surface area contributed by atoms with Gasteiger partial charge in [0.2, 0.25) is 11.8 Å². The van der Waals surface area contributed by atoms with Gasteiger partial charge in [-0.1, -0.05) is 25.1 Å². The quantitative estimate of drug-likeness (QED) is 0.863. The van der Waals surface area contributed by atoms with Gasteiger partial charge in [0.1, 0.15) is 0 Å². The summed E-state index contributed by atoms with van der Waals surface area (Å²) in [5, 5.41) is 6.69. The lowest BCUT2D eigenvalue weighted by Gasteiger charge is -2.02. The molecule has 0 radical (unpaired) electrons. The highest BCUT2D eigenvalue weighted by Gasteiger charge is 2.10. The van der Waals surface area contributed by atoms with Crippen LogP contribution in [0.2, 0.25) is 0 Å². The van der Waals surface area contributed by atoms with E-state index in [2.05, 4.69) is 20.4 Å². The maximum atomic E-state index is 11.7. The smallest absolute Gasteiger partial charge is 0.229 e. The lowest BCUT2D eigenvalue weighted by Crippen LogP contribution is -2.27. The van der Waals surface area contributed by atoms with Crippen molar-refractivity contribution >= 4 is 5.91 Å². The van der Waals surface area contributed by atoms with Crippen molar-refractivity contribution in [2.45, 2.75) is 32.6 Å². The van der Waals surface area contributed by atoms with E-state index in [1.165, 1.54) is 0 Å². The van der Waals surface area contributed by atoms with Crippen LogP contribution in [-0.4, -0.2) is 27.6 Å². The third-order valence-electron chi connectivity index (χ3n) is 2.72. The zero-order valence-electron chi connectivity index (χ0n) is 11.7. The number of carbonyl (C=O) groups is 1. The monoisotopic (exact) mass is 274 g/mol. The summed E-state index contributed by atoms with van der Waals surface area (Å²) in [7, 11) is 0. The Morgan fingerprint density at radius 2 is 2.25 bits per heavy atom. The second kappa shape index (κ2) is 6.79.